The molecule has 6 heteroatoms. The highest BCUT2D eigenvalue weighted by molar-refractivity contribution is 9.10. The molecule has 0 radical (unpaired) electrons. The van der Waals surface area contributed by atoms with Crippen molar-refractivity contribution in [1.29, 1.82) is 0 Å². The molecule has 0 spiro atoms. The predicted molar refractivity (Wildman–Crippen MR) is 92.4 cm³/mol. The van der Waals surface area contributed by atoms with Crippen LogP contribution in [0.25, 0.3) is 5.65 Å². The minimum Gasteiger partial charge on any atom is -0.345 e. The van der Waals surface area contributed by atoms with Crippen molar-refractivity contribution in [3.8, 4) is 0 Å². The molecule has 0 aliphatic carbocycles. The number of hydrogen-bond donors (Lipinski definition) is 1. The molecule has 3 aromatic heterocycles. The lowest BCUT2D eigenvalue weighted by Gasteiger charge is -2.07. The lowest BCUT2D eigenvalue weighted by Crippen LogP contribution is -2.25. The molecular weight excluding hydrogens is 356 g/mol. The van der Waals surface area contributed by atoms with Crippen LogP contribution in [0, 0.1) is 6.92 Å². The summed E-state index contributed by atoms with van der Waals surface area (Å²) in [6.07, 6.45) is 4.34. The third-order valence-electron chi connectivity index (χ3n) is 3.59. The molecule has 118 valence electrons. The van der Waals surface area contributed by atoms with Gasteiger partial charge in [0.05, 0.1) is 22.4 Å². The van der Waals surface area contributed by atoms with Gasteiger partial charge in [-0.3, -0.25) is 14.2 Å². The molecule has 0 saturated carbocycles. The van der Waals surface area contributed by atoms with Gasteiger partial charge in [0.25, 0.3) is 5.91 Å². The number of amides is 1. The molecule has 3 heterocycles. The zero-order valence-electron chi connectivity index (χ0n) is 13.0. The number of aromatic nitrogens is 3. The first-order valence-corrected chi connectivity index (χ1v) is 8.24. The SMILES string of the molecule is CCc1nc2c(Br)cc(C)cn2c1C(=O)NCc1ccccn1. The van der Waals surface area contributed by atoms with Gasteiger partial charge in [-0.05, 0) is 53.0 Å². The van der Waals surface area contributed by atoms with Gasteiger partial charge in [-0.1, -0.05) is 13.0 Å². The van der Waals surface area contributed by atoms with E-state index in [1.165, 1.54) is 0 Å². The van der Waals surface area contributed by atoms with Crippen molar-refractivity contribution >= 4 is 27.5 Å². The molecule has 3 aromatic rings. The molecule has 23 heavy (non-hydrogen) atoms. The summed E-state index contributed by atoms with van der Waals surface area (Å²) >= 11 is 3.52. The van der Waals surface area contributed by atoms with E-state index in [9.17, 15) is 4.79 Å². The number of aryl methyl sites for hydroxylation is 2. The maximum absolute atomic E-state index is 12.7. The Morgan fingerprint density at radius 3 is 2.91 bits per heavy atom. The fourth-order valence-electron chi connectivity index (χ4n) is 2.52. The van der Waals surface area contributed by atoms with Crippen LogP contribution >= 0.6 is 15.9 Å². The van der Waals surface area contributed by atoms with Crippen LogP contribution in [0.3, 0.4) is 0 Å². The topological polar surface area (TPSA) is 59.3 Å². The molecule has 0 fully saturated rings. The van der Waals surface area contributed by atoms with Gasteiger partial charge in [0, 0.05) is 12.4 Å². The third kappa shape index (κ3) is 3.12. The van der Waals surface area contributed by atoms with E-state index in [4.69, 9.17) is 0 Å². The molecule has 1 amide bonds. The van der Waals surface area contributed by atoms with Crippen LogP contribution in [0.2, 0.25) is 0 Å². The van der Waals surface area contributed by atoms with Gasteiger partial charge in [0.2, 0.25) is 0 Å². The molecule has 0 saturated heterocycles. The third-order valence-corrected chi connectivity index (χ3v) is 4.17. The molecule has 0 unspecified atom stereocenters. The minimum absolute atomic E-state index is 0.141. The van der Waals surface area contributed by atoms with Crippen LogP contribution in [-0.2, 0) is 13.0 Å². The largest absolute Gasteiger partial charge is 0.345 e. The van der Waals surface area contributed by atoms with Gasteiger partial charge in [-0.2, -0.15) is 0 Å². The van der Waals surface area contributed by atoms with Crippen LogP contribution < -0.4 is 5.32 Å². The average Bonchev–Trinajstić information content (AvgIpc) is 2.92. The van der Waals surface area contributed by atoms with Crippen LogP contribution in [0.4, 0.5) is 0 Å². The number of nitrogens with zero attached hydrogens (tertiary/aromatic N) is 3. The van der Waals surface area contributed by atoms with Gasteiger partial charge < -0.3 is 5.32 Å². The lowest BCUT2D eigenvalue weighted by molar-refractivity contribution is 0.0943. The van der Waals surface area contributed by atoms with E-state index in [1.54, 1.807) is 6.20 Å². The summed E-state index contributed by atoms with van der Waals surface area (Å²) in [4.78, 5) is 21.5. The molecule has 0 atom stereocenters. The van der Waals surface area contributed by atoms with Crippen molar-refractivity contribution in [2.24, 2.45) is 0 Å². The molecule has 3 rings (SSSR count). The number of carbonyl (C=O) groups is 1. The highest BCUT2D eigenvalue weighted by Crippen LogP contribution is 2.23. The lowest BCUT2D eigenvalue weighted by atomic mass is 10.2. The second kappa shape index (κ2) is 6.50. The summed E-state index contributed by atoms with van der Waals surface area (Å²) < 4.78 is 2.74. The van der Waals surface area contributed by atoms with Gasteiger partial charge in [-0.15, -0.1) is 0 Å². The Kier molecular flexibility index (Phi) is 4.43. The number of pyridine rings is 2. The van der Waals surface area contributed by atoms with Crippen LogP contribution in [0.5, 0.6) is 0 Å². The standard InChI is InChI=1S/C17H17BrN4O/c1-3-14-15(17(23)20-9-12-6-4-5-7-19-12)22-10-11(2)8-13(18)16(22)21-14/h4-8,10H,3,9H2,1-2H3,(H,20,23). The van der Waals surface area contributed by atoms with Crippen LogP contribution in [0.15, 0.2) is 41.1 Å². The number of carbonyl (C=O) groups excluding carboxylic acids is 1. The summed E-state index contributed by atoms with van der Waals surface area (Å²) in [5.74, 6) is -0.141. The van der Waals surface area contributed by atoms with Crippen molar-refractivity contribution in [3.05, 3.63) is 63.8 Å². The number of nitrogens with one attached hydrogen (secondary N) is 1. The first-order valence-electron chi connectivity index (χ1n) is 7.45. The quantitative estimate of drug-likeness (QED) is 0.764. The van der Waals surface area contributed by atoms with E-state index in [-0.39, 0.29) is 5.91 Å². The fourth-order valence-corrected chi connectivity index (χ4v) is 3.16. The van der Waals surface area contributed by atoms with Gasteiger partial charge in [0.1, 0.15) is 5.69 Å². The first kappa shape index (κ1) is 15.7. The fraction of sp³-hybridized carbons (Fsp3) is 0.235. The number of hydrogen-bond acceptors (Lipinski definition) is 3. The second-order valence-electron chi connectivity index (χ2n) is 5.32. The van der Waals surface area contributed by atoms with Crippen molar-refractivity contribution < 1.29 is 4.79 Å². The predicted octanol–water partition coefficient (Wildman–Crippen LogP) is 3.29. The van der Waals surface area contributed by atoms with Gasteiger partial charge in [-0.25, -0.2) is 4.98 Å². The monoisotopic (exact) mass is 372 g/mol. The first-order chi connectivity index (χ1) is 11.1. The maximum atomic E-state index is 12.7. The Hall–Kier alpha value is -2.21. The highest BCUT2D eigenvalue weighted by Gasteiger charge is 2.19. The zero-order chi connectivity index (χ0) is 16.4. The Labute approximate surface area is 142 Å². The average molecular weight is 373 g/mol. The van der Waals surface area contributed by atoms with Gasteiger partial charge in [0.15, 0.2) is 5.65 Å². The summed E-state index contributed by atoms with van der Waals surface area (Å²) in [5, 5.41) is 2.93. The van der Waals surface area contributed by atoms with E-state index < -0.39 is 0 Å². The van der Waals surface area contributed by atoms with E-state index in [0.29, 0.717) is 18.7 Å². The molecule has 5 nitrogen and oxygen atoms in total. The Morgan fingerprint density at radius 1 is 1.39 bits per heavy atom. The van der Waals surface area contributed by atoms with E-state index in [2.05, 4.69) is 31.2 Å². The van der Waals surface area contributed by atoms with Crippen LogP contribution in [-0.4, -0.2) is 20.3 Å². The molecule has 0 aromatic carbocycles. The van der Waals surface area contributed by atoms with Crippen molar-refractivity contribution in [2.45, 2.75) is 26.8 Å². The van der Waals surface area contributed by atoms with E-state index in [0.717, 1.165) is 27.1 Å². The number of imidazole rings is 1. The second-order valence-corrected chi connectivity index (χ2v) is 6.18. The molecular formula is C17H17BrN4O. The molecule has 1 N–H and O–H groups in total. The van der Waals surface area contributed by atoms with E-state index in [1.807, 2.05) is 48.7 Å². The summed E-state index contributed by atoms with van der Waals surface area (Å²) in [7, 11) is 0. The van der Waals surface area contributed by atoms with Crippen molar-refractivity contribution in [2.75, 3.05) is 0 Å². The minimum atomic E-state index is -0.141. The smallest absolute Gasteiger partial charge is 0.270 e. The zero-order valence-corrected chi connectivity index (χ0v) is 14.6. The molecule has 0 aliphatic rings. The highest BCUT2D eigenvalue weighted by atomic mass is 79.9. The summed E-state index contributed by atoms with van der Waals surface area (Å²) in [6.45, 7) is 4.38. The molecule has 0 bridgehead atoms. The number of rotatable bonds is 4. The maximum Gasteiger partial charge on any atom is 0.270 e. The Bertz CT molecular complexity index is 858. The van der Waals surface area contributed by atoms with Crippen molar-refractivity contribution in [1.82, 2.24) is 19.7 Å². The van der Waals surface area contributed by atoms with Crippen molar-refractivity contribution in [3.63, 3.8) is 0 Å². The summed E-state index contributed by atoms with van der Waals surface area (Å²) in [6, 6.07) is 7.64. The number of fused-ring (bicyclic) bond motifs is 1. The Balaban J connectivity index is 1.96. The van der Waals surface area contributed by atoms with Gasteiger partial charge >= 0.3 is 0 Å². The van der Waals surface area contributed by atoms with E-state index >= 15 is 0 Å². The number of halogens is 1. The Morgan fingerprint density at radius 2 is 2.22 bits per heavy atom. The normalized spacial score (nSPS) is 10.9. The van der Waals surface area contributed by atoms with Crippen LogP contribution in [0.1, 0.15) is 34.4 Å². The molecule has 0 aliphatic heterocycles. The summed E-state index contributed by atoms with van der Waals surface area (Å²) in [5.41, 5.74) is 4.02.